The third-order valence-electron chi connectivity index (χ3n) is 4.74. The van der Waals surface area contributed by atoms with Gasteiger partial charge in [-0.2, -0.15) is 5.10 Å². The number of carbonyl (C=O) groups is 1. The van der Waals surface area contributed by atoms with Crippen LogP contribution >= 0.6 is 11.6 Å². The number of ether oxygens (including phenoxy) is 1. The van der Waals surface area contributed by atoms with Crippen molar-refractivity contribution >= 4 is 17.5 Å². The molecule has 0 bridgehead atoms. The van der Waals surface area contributed by atoms with Crippen molar-refractivity contribution in [2.45, 2.75) is 27.5 Å². The van der Waals surface area contributed by atoms with E-state index in [4.69, 9.17) is 16.3 Å². The normalized spacial score (nSPS) is 15.3. The highest BCUT2D eigenvalue weighted by Gasteiger charge is 2.22. The number of aryl methyl sites for hydroxylation is 2. The van der Waals surface area contributed by atoms with E-state index in [1.165, 1.54) is 0 Å². The highest BCUT2D eigenvalue weighted by Crippen LogP contribution is 2.26. The minimum atomic E-state index is -0.0160. The smallest absolute Gasteiger partial charge is 0.274 e. The van der Waals surface area contributed by atoms with E-state index < -0.39 is 0 Å². The summed E-state index contributed by atoms with van der Waals surface area (Å²) in [5.41, 5.74) is 2.41. The summed E-state index contributed by atoms with van der Waals surface area (Å²) >= 11 is 6.18. The van der Waals surface area contributed by atoms with Gasteiger partial charge in [0.25, 0.3) is 5.91 Å². The number of carbonyl (C=O) groups excluding carboxylic acids is 1. The maximum Gasteiger partial charge on any atom is 0.274 e. The van der Waals surface area contributed by atoms with Crippen molar-refractivity contribution in [3.05, 3.63) is 46.2 Å². The average molecular weight is 377 g/mol. The standard InChI is InChI=1S/C19H25ClN4O2/c1-4-22-7-9-23(10-8-22)19(25)17-5-6-24(21-17)13-26-16-11-14(2)18(20)15(3)12-16/h5-6,11-12H,4,7-10,13H2,1-3H3. The Morgan fingerprint density at radius 3 is 2.46 bits per heavy atom. The zero-order valence-electron chi connectivity index (χ0n) is 15.5. The average Bonchev–Trinajstić information content (AvgIpc) is 3.13. The maximum absolute atomic E-state index is 12.6. The van der Waals surface area contributed by atoms with Crippen LogP contribution in [0.3, 0.4) is 0 Å². The molecule has 1 saturated heterocycles. The van der Waals surface area contributed by atoms with Gasteiger partial charge in [0.05, 0.1) is 0 Å². The molecule has 0 saturated carbocycles. The molecule has 7 heteroatoms. The van der Waals surface area contributed by atoms with E-state index in [0.29, 0.717) is 5.69 Å². The van der Waals surface area contributed by atoms with E-state index in [9.17, 15) is 4.79 Å². The molecule has 3 rings (SSSR count). The summed E-state index contributed by atoms with van der Waals surface area (Å²) in [7, 11) is 0. The first-order valence-corrected chi connectivity index (χ1v) is 9.30. The molecule has 1 aromatic heterocycles. The third kappa shape index (κ3) is 4.19. The quantitative estimate of drug-likeness (QED) is 0.805. The number of amides is 1. The molecular weight excluding hydrogens is 352 g/mol. The van der Waals surface area contributed by atoms with E-state index in [-0.39, 0.29) is 12.6 Å². The fourth-order valence-corrected chi connectivity index (χ4v) is 3.22. The number of hydrogen-bond acceptors (Lipinski definition) is 4. The minimum absolute atomic E-state index is 0.0160. The summed E-state index contributed by atoms with van der Waals surface area (Å²) in [6.45, 7) is 10.6. The lowest BCUT2D eigenvalue weighted by molar-refractivity contribution is 0.0635. The number of aromatic nitrogens is 2. The summed E-state index contributed by atoms with van der Waals surface area (Å²) in [6, 6.07) is 5.55. The molecule has 26 heavy (non-hydrogen) atoms. The van der Waals surface area contributed by atoms with Crippen LogP contribution < -0.4 is 4.74 Å². The van der Waals surface area contributed by atoms with Crippen LogP contribution in [0.15, 0.2) is 24.4 Å². The van der Waals surface area contributed by atoms with Crippen molar-refractivity contribution in [2.24, 2.45) is 0 Å². The molecule has 0 radical (unpaired) electrons. The molecule has 0 unspecified atom stereocenters. The van der Waals surface area contributed by atoms with Gasteiger partial charge in [-0.1, -0.05) is 18.5 Å². The number of benzene rings is 1. The second kappa shape index (κ2) is 8.10. The highest BCUT2D eigenvalue weighted by atomic mass is 35.5. The number of rotatable bonds is 5. The van der Waals surface area contributed by atoms with Crippen LogP contribution in [-0.2, 0) is 6.73 Å². The largest absolute Gasteiger partial charge is 0.471 e. The highest BCUT2D eigenvalue weighted by molar-refractivity contribution is 6.32. The van der Waals surface area contributed by atoms with Gasteiger partial charge in [-0.15, -0.1) is 0 Å². The SMILES string of the molecule is CCN1CCN(C(=O)c2ccn(COc3cc(C)c(Cl)c(C)c3)n2)CC1. The molecule has 6 nitrogen and oxygen atoms in total. The summed E-state index contributed by atoms with van der Waals surface area (Å²) in [4.78, 5) is 16.8. The number of piperazine rings is 1. The molecule has 1 aliphatic rings. The predicted octanol–water partition coefficient (Wildman–Crippen LogP) is 2.97. The second-order valence-electron chi connectivity index (χ2n) is 6.61. The number of nitrogens with zero attached hydrogens (tertiary/aromatic N) is 4. The lowest BCUT2D eigenvalue weighted by Crippen LogP contribution is -2.48. The lowest BCUT2D eigenvalue weighted by atomic mass is 10.1. The Morgan fingerprint density at radius 1 is 1.19 bits per heavy atom. The minimum Gasteiger partial charge on any atom is -0.471 e. The van der Waals surface area contributed by atoms with Crippen molar-refractivity contribution in [3.8, 4) is 5.75 Å². The number of hydrogen-bond donors (Lipinski definition) is 0. The van der Waals surface area contributed by atoms with Gasteiger partial charge in [-0.25, -0.2) is 4.68 Å². The van der Waals surface area contributed by atoms with E-state index in [2.05, 4.69) is 16.9 Å². The zero-order chi connectivity index (χ0) is 18.7. The van der Waals surface area contributed by atoms with Crippen LogP contribution in [-0.4, -0.2) is 58.2 Å². The zero-order valence-corrected chi connectivity index (χ0v) is 16.3. The Balaban J connectivity index is 1.59. The van der Waals surface area contributed by atoms with Crippen molar-refractivity contribution in [1.29, 1.82) is 0 Å². The van der Waals surface area contributed by atoms with Crippen LogP contribution in [0.1, 0.15) is 28.5 Å². The molecule has 0 N–H and O–H groups in total. The molecule has 1 aromatic carbocycles. The van der Waals surface area contributed by atoms with Gasteiger partial charge in [0.2, 0.25) is 0 Å². The topological polar surface area (TPSA) is 50.6 Å². The molecule has 0 atom stereocenters. The van der Waals surface area contributed by atoms with Crippen LogP contribution in [0.5, 0.6) is 5.75 Å². The second-order valence-corrected chi connectivity index (χ2v) is 6.99. The maximum atomic E-state index is 12.6. The van der Waals surface area contributed by atoms with Crippen LogP contribution in [0.4, 0.5) is 0 Å². The molecule has 1 aliphatic heterocycles. The van der Waals surface area contributed by atoms with Crippen LogP contribution in [0.2, 0.25) is 5.02 Å². The Bertz CT molecular complexity index is 759. The van der Waals surface area contributed by atoms with Gasteiger partial charge < -0.3 is 14.5 Å². The van der Waals surface area contributed by atoms with Gasteiger partial charge in [0.15, 0.2) is 12.4 Å². The van der Waals surface area contributed by atoms with Crippen molar-refractivity contribution in [1.82, 2.24) is 19.6 Å². The Morgan fingerprint density at radius 2 is 1.85 bits per heavy atom. The van der Waals surface area contributed by atoms with Crippen molar-refractivity contribution in [3.63, 3.8) is 0 Å². The van der Waals surface area contributed by atoms with E-state index in [1.54, 1.807) is 16.9 Å². The molecule has 2 aromatic rings. The van der Waals surface area contributed by atoms with E-state index in [1.807, 2.05) is 30.9 Å². The number of likely N-dealkylation sites (N-methyl/N-ethyl adjacent to an activating group) is 1. The molecule has 1 amide bonds. The van der Waals surface area contributed by atoms with Gasteiger partial charge in [0, 0.05) is 37.4 Å². The Kier molecular flexibility index (Phi) is 5.84. The molecule has 1 fully saturated rings. The summed E-state index contributed by atoms with van der Waals surface area (Å²) in [5, 5.41) is 5.12. The molecular formula is C19H25ClN4O2. The monoisotopic (exact) mass is 376 g/mol. The lowest BCUT2D eigenvalue weighted by Gasteiger charge is -2.33. The fourth-order valence-electron chi connectivity index (χ4n) is 3.11. The third-order valence-corrected chi connectivity index (χ3v) is 5.34. The first-order chi connectivity index (χ1) is 12.5. The molecule has 140 valence electrons. The Hall–Kier alpha value is -2.05. The van der Waals surface area contributed by atoms with Crippen molar-refractivity contribution in [2.75, 3.05) is 32.7 Å². The van der Waals surface area contributed by atoms with E-state index in [0.717, 1.165) is 54.6 Å². The summed E-state index contributed by atoms with van der Waals surface area (Å²) in [5.74, 6) is 0.723. The predicted molar refractivity (Wildman–Crippen MR) is 102 cm³/mol. The van der Waals surface area contributed by atoms with Crippen LogP contribution in [0.25, 0.3) is 0 Å². The molecule has 0 aliphatic carbocycles. The Labute approximate surface area is 159 Å². The van der Waals surface area contributed by atoms with Gasteiger partial charge in [-0.3, -0.25) is 4.79 Å². The first kappa shape index (κ1) is 18.7. The van der Waals surface area contributed by atoms with Gasteiger partial charge in [-0.05, 0) is 49.7 Å². The summed E-state index contributed by atoms with van der Waals surface area (Å²) in [6.07, 6.45) is 1.77. The first-order valence-electron chi connectivity index (χ1n) is 8.92. The van der Waals surface area contributed by atoms with Crippen LogP contribution in [0, 0.1) is 13.8 Å². The number of halogens is 1. The van der Waals surface area contributed by atoms with Crippen molar-refractivity contribution < 1.29 is 9.53 Å². The van der Waals surface area contributed by atoms with Gasteiger partial charge >= 0.3 is 0 Å². The fraction of sp³-hybridized carbons (Fsp3) is 0.474. The molecule has 2 heterocycles. The molecule has 0 spiro atoms. The van der Waals surface area contributed by atoms with Gasteiger partial charge in [0.1, 0.15) is 5.75 Å². The van der Waals surface area contributed by atoms with E-state index >= 15 is 0 Å². The summed E-state index contributed by atoms with van der Waals surface area (Å²) < 4.78 is 7.42.